The first-order valence-electron chi connectivity index (χ1n) is 7.00. The van der Waals surface area contributed by atoms with Crippen molar-refractivity contribution in [1.29, 1.82) is 0 Å². The van der Waals surface area contributed by atoms with E-state index in [1.807, 2.05) is 6.07 Å². The highest BCUT2D eigenvalue weighted by Crippen LogP contribution is 2.36. The first-order chi connectivity index (χ1) is 11.3. The molecule has 3 aromatic rings. The summed E-state index contributed by atoms with van der Waals surface area (Å²) in [5, 5.41) is 3.95. The fourth-order valence-corrected chi connectivity index (χ4v) is 3.39. The van der Waals surface area contributed by atoms with Crippen LogP contribution in [0.4, 0.5) is 8.78 Å². The maximum Gasteiger partial charge on any atom is 0.181 e. The van der Waals surface area contributed by atoms with Gasteiger partial charge in [0.15, 0.2) is 9.84 Å². The second-order valence-corrected chi connectivity index (χ2v) is 7.32. The molecule has 0 bridgehead atoms. The van der Waals surface area contributed by atoms with Gasteiger partial charge >= 0.3 is 0 Å². The molecule has 0 saturated carbocycles. The molecule has 0 atom stereocenters. The molecule has 0 aliphatic rings. The topological polar surface area (TPSA) is 60.2 Å². The highest BCUT2D eigenvalue weighted by Gasteiger charge is 2.24. The van der Waals surface area contributed by atoms with Crippen LogP contribution in [0.2, 0.25) is 0 Å². The average molecular weight is 349 g/mol. The van der Waals surface area contributed by atoms with E-state index in [2.05, 4.69) is 5.16 Å². The second-order valence-electron chi connectivity index (χ2n) is 5.37. The van der Waals surface area contributed by atoms with Crippen LogP contribution in [0.25, 0.3) is 22.4 Å². The van der Waals surface area contributed by atoms with Gasteiger partial charge in [0.1, 0.15) is 28.0 Å². The number of hydrogen-bond acceptors (Lipinski definition) is 4. The van der Waals surface area contributed by atoms with Gasteiger partial charge in [-0.05, 0) is 24.6 Å². The van der Waals surface area contributed by atoms with Gasteiger partial charge in [0.05, 0.1) is 5.56 Å². The molecule has 124 valence electrons. The Hall–Kier alpha value is -2.54. The van der Waals surface area contributed by atoms with Crippen molar-refractivity contribution < 1.29 is 21.7 Å². The molecule has 7 heteroatoms. The summed E-state index contributed by atoms with van der Waals surface area (Å²) in [6.45, 7) is 1.62. The lowest BCUT2D eigenvalue weighted by Crippen LogP contribution is -2.05. The lowest BCUT2D eigenvalue weighted by molar-refractivity contribution is 0.400. The zero-order valence-electron chi connectivity index (χ0n) is 12.9. The molecular formula is C17H13F2NO3S. The second kappa shape index (κ2) is 5.83. The van der Waals surface area contributed by atoms with Crippen molar-refractivity contribution in [2.24, 2.45) is 0 Å². The summed E-state index contributed by atoms with van der Waals surface area (Å²) < 4.78 is 56.6. The van der Waals surface area contributed by atoms with Gasteiger partial charge in [-0.2, -0.15) is 0 Å². The van der Waals surface area contributed by atoms with Gasteiger partial charge in [-0.15, -0.1) is 0 Å². The van der Waals surface area contributed by atoms with Crippen molar-refractivity contribution in [3.05, 3.63) is 59.9 Å². The normalized spacial score (nSPS) is 11.7. The molecule has 0 saturated heterocycles. The smallest absolute Gasteiger partial charge is 0.181 e. The van der Waals surface area contributed by atoms with Crippen molar-refractivity contribution in [2.75, 3.05) is 6.26 Å². The lowest BCUT2D eigenvalue weighted by Gasteiger charge is -2.07. The summed E-state index contributed by atoms with van der Waals surface area (Å²) in [5.74, 6) is -1.92. The molecule has 0 spiro atoms. The van der Waals surface area contributed by atoms with E-state index < -0.39 is 26.4 Å². The molecule has 0 unspecified atom stereocenters. The molecule has 0 fully saturated rings. The number of nitrogens with zero attached hydrogens (tertiary/aromatic N) is 1. The van der Waals surface area contributed by atoms with Crippen molar-refractivity contribution in [1.82, 2.24) is 5.16 Å². The minimum absolute atomic E-state index is 0.162. The highest BCUT2D eigenvalue weighted by atomic mass is 32.2. The Morgan fingerprint density at radius 2 is 1.58 bits per heavy atom. The van der Waals surface area contributed by atoms with Crippen molar-refractivity contribution in [3.63, 3.8) is 0 Å². The molecule has 0 aliphatic carbocycles. The third-order valence-corrected chi connectivity index (χ3v) is 4.70. The van der Waals surface area contributed by atoms with Gasteiger partial charge in [-0.25, -0.2) is 17.2 Å². The van der Waals surface area contributed by atoms with Gasteiger partial charge in [0.2, 0.25) is 0 Å². The van der Waals surface area contributed by atoms with Gasteiger partial charge in [0, 0.05) is 11.8 Å². The van der Waals surface area contributed by atoms with Gasteiger partial charge in [-0.3, -0.25) is 0 Å². The number of hydrogen-bond donors (Lipinski definition) is 0. The van der Waals surface area contributed by atoms with Crippen LogP contribution in [0.5, 0.6) is 0 Å². The first kappa shape index (κ1) is 16.3. The predicted molar refractivity (Wildman–Crippen MR) is 85.1 cm³/mol. The fourth-order valence-electron chi connectivity index (χ4n) is 2.56. The zero-order valence-corrected chi connectivity index (χ0v) is 13.7. The summed E-state index contributed by atoms with van der Waals surface area (Å²) >= 11 is 0. The standard InChI is InChI=1S/C17H13F2NO3S/c1-10-15(16(20-23-10)11-6-4-3-5-7-11)12-8-13(18)17(14(19)9-12)24(2,21)22/h3-9H,1-2H3. The zero-order chi connectivity index (χ0) is 17.5. The Morgan fingerprint density at radius 1 is 1.00 bits per heavy atom. The quantitative estimate of drug-likeness (QED) is 0.717. The third-order valence-electron chi connectivity index (χ3n) is 3.57. The number of aryl methyl sites for hydroxylation is 1. The van der Waals surface area contributed by atoms with Crippen LogP contribution in [0, 0.1) is 18.6 Å². The minimum Gasteiger partial charge on any atom is -0.360 e. The van der Waals surface area contributed by atoms with Gasteiger partial charge in [-0.1, -0.05) is 35.5 Å². The van der Waals surface area contributed by atoms with E-state index in [1.165, 1.54) is 0 Å². The van der Waals surface area contributed by atoms with Crippen LogP contribution in [0.1, 0.15) is 5.76 Å². The SMILES string of the molecule is Cc1onc(-c2ccccc2)c1-c1cc(F)c(S(C)(=O)=O)c(F)c1. The van der Waals surface area contributed by atoms with E-state index in [4.69, 9.17) is 4.52 Å². The molecule has 24 heavy (non-hydrogen) atoms. The summed E-state index contributed by atoms with van der Waals surface area (Å²) in [7, 11) is -4.01. The average Bonchev–Trinajstić information content (AvgIpc) is 2.87. The van der Waals surface area contributed by atoms with E-state index in [0.717, 1.165) is 24.0 Å². The van der Waals surface area contributed by atoms with Crippen molar-refractivity contribution >= 4 is 9.84 Å². The number of aromatic nitrogens is 1. The Morgan fingerprint density at radius 3 is 2.12 bits per heavy atom. The number of halogens is 2. The van der Waals surface area contributed by atoms with E-state index >= 15 is 0 Å². The van der Waals surface area contributed by atoms with E-state index in [0.29, 0.717) is 17.0 Å². The van der Waals surface area contributed by atoms with E-state index in [-0.39, 0.29) is 5.56 Å². The molecule has 0 N–H and O–H groups in total. The largest absolute Gasteiger partial charge is 0.360 e. The molecule has 1 aromatic heterocycles. The molecule has 4 nitrogen and oxygen atoms in total. The van der Waals surface area contributed by atoms with E-state index in [1.54, 1.807) is 31.2 Å². The Balaban J connectivity index is 2.24. The van der Waals surface area contributed by atoms with Crippen molar-refractivity contribution in [3.8, 4) is 22.4 Å². The Kier molecular flexibility index (Phi) is 3.96. The van der Waals surface area contributed by atoms with Crippen LogP contribution in [0.15, 0.2) is 51.9 Å². The van der Waals surface area contributed by atoms with Crippen LogP contribution in [0.3, 0.4) is 0 Å². The maximum atomic E-state index is 14.2. The maximum absolute atomic E-state index is 14.2. The Labute approximate surface area is 137 Å². The fraction of sp³-hybridized carbons (Fsp3) is 0.118. The molecule has 1 heterocycles. The summed E-state index contributed by atoms with van der Waals surface area (Å²) in [6, 6.07) is 11.0. The van der Waals surface area contributed by atoms with Gasteiger partial charge < -0.3 is 4.52 Å². The first-order valence-corrected chi connectivity index (χ1v) is 8.89. The Bertz CT molecular complexity index is 989. The number of rotatable bonds is 3. The molecular weight excluding hydrogens is 336 g/mol. The van der Waals surface area contributed by atoms with Crippen molar-refractivity contribution in [2.45, 2.75) is 11.8 Å². The number of benzene rings is 2. The molecule has 2 aromatic carbocycles. The lowest BCUT2D eigenvalue weighted by atomic mass is 9.99. The molecule has 0 radical (unpaired) electrons. The van der Waals surface area contributed by atoms with Crippen LogP contribution in [-0.4, -0.2) is 19.8 Å². The summed E-state index contributed by atoms with van der Waals surface area (Å²) in [5.41, 5.74) is 1.73. The molecule has 0 aliphatic heterocycles. The van der Waals surface area contributed by atoms with Crippen LogP contribution >= 0.6 is 0 Å². The molecule has 3 rings (SSSR count). The monoisotopic (exact) mass is 349 g/mol. The summed E-state index contributed by atoms with van der Waals surface area (Å²) in [6.07, 6.45) is 0.758. The highest BCUT2D eigenvalue weighted by molar-refractivity contribution is 7.90. The third kappa shape index (κ3) is 2.82. The van der Waals surface area contributed by atoms with E-state index in [9.17, 15) is 17.2 Å². The minimum atomic E-state index is -4.01. The predicted octanol–water partition coefficient (Wildman–Crippen LogP) is 4.00. The van der Waals surface area contributed by atoms with Gasteiger partial charge in [0.25, 0.3) is 0 Å². The summed E-state index contributed by atoms with van der Waals surface area (Å²) in [4.78, 5) is -0.943. The van der Waals surface area contributed by atoms with Crippen LogP contribution < -0.4 is 0 Å². The van der Waals surface area contributed by atoms with Crippen LogP contribution in [-0.2, 0) is 9.84 Å². The number of sulfone groups is 1. The molecule has 0 amide bonds.